The molecule has 0 aliphatic carbocycles. The van der Waals surface area contributed by atoms with Crippen LogP contribution < -0.4 is 16.0 Å². The molecule has 0 radical (unpaired) electrons. The molecule has 1 aliphatic rings. The van der Waals surface area contributed by atoms with Crippen LogP contribution in [0.5, 0.6) is 0 Å². The minimum absolute atomic E-state index is 0.183. The zero-order valence-electron chi connectivity index (χ0n) is 18.9. The number of hydrogen-bond acceptors (Lipinski definition) is 7. The highest BCUT2D eigenvalue weighted by Gasteiger charge is 2.31. The van der Waals surface area contributed by atoms with E-state index in [0.717, 1.165) is 22.5 Å². The molecule has 0 unspecified atom stereocenters. The molecule has 174 valence electrons. The molecule has 0 bridgehead atoms. The van der Waals surface area contributed by atoms with Crippen molar-refractivity contribution >= 4 is 34.8 Å². The first-order chi connectivity index (χ1) is 17.0. The Morgan fingerprint density at radius 2 is 1.77 bits per heavy atom. The van der Waals surface area contributed by atoms with Crippen LogP contribution in [-0.2, 0) is 9.53 Å². The lowest BCUT2D eigenvalue weighted by atomic mass is 10.1. The number of benzene rings is 2. The maximum atomic E-state index is 12.8. The molecule has 2 amide bonds. The highest BCUT2D eigenvalue weighted by atomic mass is 16.6. The lowest BCUT2D eigenvalue weighted by Gasteiger charge is -2.12. The number of amides is 2. The summed E-state index contributed by atoms with van der Waals surface area (Å²) in [6.45, 7) is 2.40. The van der Waals surface area contributed by atoms with Gasteiger partial charge in [-0.05, 0) is 67.1 Å². The summed E-state index contributed by atoms with van der Waals surface area (Å²) in [7, 11) is 0. The Morgan fingerprint density at radius 1 is 0.971 bits per heavy atom. The number of rotatable bonds is 7. The van der Waals surface area contributed by atoms with Crippen molar-refractivity contribution < 1.29 is 14.3 Å². The van der Waals surface area contributed by atoms with Crippen molar-refractivity contribution in [3.63, 3.8) is 0 Å². The lowest BCUT2D eigenvalue weighted by molar-refractivity contribution is -0.117. The van der Waals surface area contributed by atoms with Crippen LogP contribution in [0.15, 0.2) is 79.3 Å². The SMILES string of the molecule is Cc1ccc(NC(=O)c2ccc(NC(=O)[C@H]3CO3)cc2)cc1Nc1nccc(-c2cccnc2)n1. The fraction of sp³-hybridized carbons (Fsp3) is 0.115. The fourth-order valence-corrected chi connectivity index (χ4v) is 3.38. The van der Waals surface area contributed by atoms with Crippen molar-refractivity contribution in [2.75, 3.05) is 22.6 Å². The van der Waals surface area contributed by atoms with E-state index < -0.39 is 0 Å². The molecule has 0 spiro atoms. The summed E-state index contributed by atoms with van der Waals surface area (Å²) in [6, 6.07) is 17.9. The van der Waals surface area contributed by atoms with Crippen LogP contribution in [0.3, 0.4) is 0 Å². The van der Waals surface area contributed by atoms with Crippen LogP contribution in [-0.4, -0.2) is 39.5 Å². The third kappa shape index (κ3) is 5.48. The second-order valence-corrected chi connectivity index (χ2v) is 8.00. The van der Waals surface area contributed by atoms with Crippen molar-refractivity contribution in [1.29, 1.82) is 0 Å². The predicted molar refractivity (Wildman–Crippen MR) is 132 cm³/mol. The number of aryl methyl sites for hydroxylation is 1. The van der Waals surface area contributed by atoms with E-state index in [1.165, 1.54) is 0 Å². The molecule has 1 atom stereocenters. The second-order valence-electron chi connectivity index (χ2n) is 8.00. The Bertz CT molecular complexity index is 1370. The fourth-order valence-electron chi connectivity index (χ4n) is 3.38. The van der Waals surface area contributed by atoms with E-state index in [0.29, 0.717) is 29.5 Å². The maximum absolute atomic E-state index is 12.8. The van der Waals surface area contributed by atoms with Crippen LogP contribution in [0.25, 0.3) is 11.3 Å². The van der Waals surface area contributed by atoms with Crippen LogP contribution in [0.2, 0.25) is 0 Å². The van der Waals surface area contributed by atoms with E-state index in [1.807, 2.05) is 43.3 Å². The Hall–Kier alpha value is -4.63. The molecule has 3 heterocycles. The van der Waals surface area contributed by atoms with E-state index in [1.54, 1.807) is 42.9 Å². The summed E-state index contributed by atoms with van der Waals surface area (Å²) < 4.78 is 4.96. The number of epoxide rings is 1. The van der Waals surface area contributed by atoms with E-state index in [9.17, 15) is 9.59 Å². The molecule has 2 aromatic carbocycles. The maximum Gasteiger partial charge on any atom is 0.255 e. The average molecular weight is 467 g/mol. The Balaban J connectivity index is 1.27. The Morgan fingerprint density at radius 3 is 2.51 bits per heavy atom. The Labute approximate surface area is 201 Å². The monoisotopic (exact) mass is 466 g/mol. The van der Waals surface area contributed by atoms with E-state index in [2.05, 4.69) is 30.9 Å². The van der Waals surface area contributed by atoms with Gasteiger partial charge in [0.25, 0.3) is 11.8 Å². The highest BCUT2D eigenvalue weighted by molar-refractivity contribution is 6.05. The summed E-state index contributed by atoms with van der Waals surface area (Å²) in [5.41, 5.74) is 5.08. The first-order valence-corrected chi connectivity index (χ1v) is 11.0. The van der Waals surface area contributed by atoms with E-state index in [-0.39, 0.29) is 17.9 Å². The zero-order chi connectivity index (χ0) is 24.2. The number of carbonyl (C=O) groups is 2. The Kier molecular flexibility index (Phi) is 6.15. The standard InChI is InChI=1S/C26H22N6O3/c1-16-4-7-20(30-24(33)17-5-8-19(9-6-17)29-25(34)23-15-35-23)13-22(16)32-26-28-12-10-21(31-26)18-3-2-11-27-14-18/h2-14,23H,15H2,1H3,(H,29,34)(H,30,33)(H,28,31,32)/t23-/m1/s1. The van der Waals surface area contributed by atoms with E-state index in [4.69, 9.17) is 4.74 Å². The third-order valence-corrected chi connectivity index (χ3v) is 5.40. The van der Waals surface area contributed by atoms with Gasteiger partial charge < -0.3 is 20.7 Å². The van der Waals surface area contributed by atoms with E-state index >= 15 is 0 Å². The smallest absolute Gasteiger partial charge is 0.255 e. The van der Waals surface area contributed by atoms with Gasteiger partial charge in [0.15, 0.2) is 6.10 Å². The summed E-state index contributed by atoms with van der Waals surface area (Å²) in [4.78, 5) is 37.6. The van der Waals surface area contributed by atoms with Crippen molar-refractivity contribution in [1.82, 2.24) is 15.0 Å². The molecular formula is C26H22N6O3. The van der Waals surface area contributed by atoms with Crippen LogP contribution in [0.4, 0.5) is 23.0 Å². The molecule has 2 aromatic heterocycles. The number of aromatic nitrogens is 3. The number of ether oxygens (including phenoxy) is 1. The molecule has 9 heteroatoms. The van der Waals surface area contributed by atoms with Gasteiger partial charge in [-0.3, -0.25) is 14.6 Å². The molecule has 1 aliphatic heterocycles. The minimum atomic E-state index is -0.370. The summed E-state index contributed by atoms with van der Waals surface area (Å²) in [5.74, 6) is -0.0120. The molecular weight excluding hydrogens is 444 g/mol. The normalized spacial score (nSPS) is 14.1. The van der Waals surface area contributed by atoms with Gasteiger partial charge in [-0.1, -0.05) is 6.07 Å². The van der Waals surface area contributed by atoms with Gasteiger partial charge in [0, 0.05) is 46.8 Å². The van der Waals surface area contributed by atoms with Gasteiger partial charge in [0.1, 0.15) is 0 Å². The molecule has 35 heavy (non-hydrogen) atoms. The van der Waals surface area contributed by atoms with Gasteiger partial charge >= 0.3 is 0 Å². The van der Waals surface area contributed by atoms with Crippen molar-refractivity contribution in [3.8, 4) is 11.3 Å². The van der Waals surface area contributed by atoms with Crippen LogP contribution in [0.1, 0.15) is 15.9 Å². The zero-order valence-corrected chi connectivity index (χ0v) is 18.9. The van der Waals surface area contributed by atoms with Crippen LogP contribution in [0, 0.1) is 6.92 Å². The molecule has 9 nitrogen and oxygen atoms in total. The summed E-state index contributed by atoms with van der Waals surface area (Å²) >= 11 is 0. The van der Waals surface area contributed by atoms with Gasteiger partial charge in [0.05, 0.1) is 12.3 Å². The lowest BCUT2D eigenvalue weighted by Crippen LogP contribution is -2.18. The molecule has 1 fully saturated rings. The second kappa shape index (κ2) is 9.70. The van der Waals surface area contributed by atoms with Gasteiger partial charge in [-0.25, -0.2) is 9.97 Å². The quantitative estimate of drug-likeness (QED) is 0.349. The molecule has 0 saturated carbocycles. The van der Waals surface area contributed by atoms with Gasteiger partial charge in [0.2, 0.25) is 5.95 Å². The molecule has 4 aromatic rings. The topological polar surface area (TPSA) is 121 Å². The minimum Gasteiger partial charge on any atom is -0.363 e. The summed E-state index contributed by atoms with van der Waals surface area (Å²) in [5, 5.41) is 8.88. The highest BCUT2D eigenvalue weighted by Crippen LogP contribution is 2.25. The van der Waals surface area contributed by atoms with Crippen molar-refractivity contribution in [2.24, 2.45) is 0 Å². The van der Waals surface area contributed by atoms with Gasteiger partial charge in [-0.2, -0.15) is 0 Å². The number of carbonyl (C=O) groups excluding carboxylic acids is 2. The van der Waals surface area contributed by atoms with Crippen LogP contribution >= 0.6 is 0 Å². The average Bonchev–Trinajstić information content (AvgIpc) is 3.73. The number of hydrogen-bond donors (Lipinski definition) is 3. The number of nitrogens with zero attached hydrogens (tertiary/aromatic N) is 3. The van der Waals surface area contributed by atoms with Crippen molar-refractivity contribution in [2.45, 2.75) is 13.0 Å². The first-order valence-electron chi connectivity index (χ1n) is 11.0. The van der Waals surface area contributed by atoms with Crippen molar-refractivity contribution in [3.05, 3.63) is 90.4 Å². The largest absolute Gasteiger partial charge is 0.363 e. The number of nitrogens with one attached hydrogen (secondary N) is 3. The molecule has 1 saturated heterocycles. The third-order valence-electron chi connectivity index (χ3n) is 5.40. The first kappa shape index (κ1) is 22.2. The number of anilines is 4. The summed E-state index contributed by atoms with van der Waals surface area (Å²) in [6.07, 6.45) is 4.77. The predicted octanol–water partition coefficient (Wildman–Crippen LogP) is 4.18. The number of pyridine rings is 1. The van der Waals surface area contributed by atoms with Gasteiger partial charge in [-0.15, -0.1) is 0 Å². The molecule has 5 rings (SSSR count). The molecule has 3 N–H and O–H groups in total.